The number of rotatable bonds is 2. The minimum atomic E-state index is 0.672. The predicted octanol–water partition coefficient (Wildman–Crippen LogP) is -0.561. The lowest BCUT2D eigenvalue weighted by Gasteiger charge is -2.29. The lowest BCUT2D eigenvalue weighted by molar-refractivity contribution is -0.985. The third-order valence-corrected chi connectivity index (χ3v) is 2.05. The van der Waals surface area contributed by atoms with Crippen molar-refractivity contribution in [3.63, 3.8) is 0 Å². The first-order chi connectivity index (χ1) is 6.65. The zero-order valence-electron chi connectivity index (χ0n) is 8.60. The molecule has 0 spiro atoms. The van der Waals surface area contributed by atoms with Gasteiger partial charge in [0.15, 0.2) is 6.67 Å². The fourth-order valence-corrected chi connectivity index (χ4v) is 1.43. The molecule has 2 rings (SSSR count). The second-order valence-electron chi connectivity index (χ2n) is 3.47. The predicted molar refractivity (Wildman–Crippen MR) is 50.6 cm³/mol. The van der Waals surface area contributed by atoms with Gasteiger partial charge < -0.3 is 5.43 Å². The largest absolute Gasteiger partial charge is 0.463 e. The lowest BCUT2D eigenvalue weighted by Crippen LogP contribution is -3.11. The van der Waals surface area contributed by atoms with E-state index < -0.39 is 0 Å². The minimum Gasteiger partial charge on any atom is -0.463 e. The Morgan fingerprint density at radius 3 is 2.79 bits per heavy atom. The first-order valence-corrected chi connectivity index (χ1v) is 4.51. The van der Waals surface area contributed by atoms with Crippen molar-refractivity contribution < 1.29 is 5.12 Å². The van der Waals surface area contributed by atoms with Gasteiger partial charge in [-0.25, -0.2) is 5.01 Å². The van der Waals surface area contributed by atoms with Crippen LogP contribution in [0.15, 0.2) is 18.1 Å². The van der Waals surface area contributed by atoms with Crippen molar-refractivity contribution >= 4 is 0 Å². The number of hydrogen-bond donors (Lipinski definition) is 1. The number of quaternary nitrogens is 1. The highest BCUT2D eigenvalue weighted by atomic mass is 15.8. The SMILES string of the molecule is CC1=CN(C)[NH+](Cn2cc(C)nn2)[N-]1. The van der Waals surface area contributed by atoms with Gasteiger partial charge in [-0.15, -0.1) is 5.10 Å². The third kappa shape index (κ3) is 1.69. The molecule has 1 aliphatic heterocycles. The van der Waals surface area contributed by atoms with Crippen LogP contribution in [-0.4, -0.2) is 27.1 Å². The molecule has 6 heteroatoms. The van der Waals surface area contributed by atoms with E-state index in [-0.39, 0.29) is 0 Å². The Morgan fingerprint density at radius 1 is 1.50 bits per heavy atom. The molecule has 2 heterocycles. The Kier molecular flexibility index (Phi) is 2.12. The summed E-state index contributed by atoms with van der Waals surface area (Å²) in [5, 5.41) is 10.9. The molecule has 1 aromatic heterocycles. The van der Waals surface area contributed by atoms with Gasteiger partial charge in [-0.3, -0.25) is 5.12 Å². The van der Waals surface area contributed by atoms with E-state index in [1.54, 1.807) is 4.68 Å². The quantitative estimate of drug-likeness (QED) is 0.686. The van der Waals surface area contributed by atoms with Crippen molar-refractivity contribution in [1.29, 1.82) is 0 Å². The number of allylic oxidation sites excluding steroid dienone is 1. The second kappa shape index (κ2) is 3.30. The summed E-state index contributed by atoms with van der Waals surface area (Å²) in [6, 6.07) is 0. The molecule has 1 aromatic rings. The molecule has 1 unspecified atom stereocenters. The van der Waals surface area contributed by atoms with Crippen molar-refractivity contribution in [1.82, 2.24) is 20.0 Å². The maximum Gasteiger partial charge on any atom is 0.191 e. The van der Waals surface area contributed by atoms with Gasteiger partial charge in [0.05, 0.1) is 18.9 Å². The van der Waals surface area contributed by atoms with E-state index in [9.17, 15) is 0 Å². The van der Waals surface area contributed by atoms with Gasteiger partial charge in [0.2, 0.25) is 0 Å². The molecule has 1 atom stereocenters. The summed E-state index contributed by atoms with van der Waals surface area (Å²) in [6.45, 7) is 4.58. The topological polar surface area (TPSA) is 52.5 Å². The van der Waals surface area contributed by atoms with Crippen LogP contribution in [0.3, 0.4) is 0 Å². The lowest BCUT2D eigenvalue weighted by atomic mass is 10.6. The summed E-state index contributed by atoms with van der Waals surface area (Å²) in [7, 11) is 1.99. The molecule has 0 saturated carbocycles. The standard InChI is InChI=1S/C8H14N6/c1-7-5-13(11-9-7)6-14-10-8(2)4-12(14)3/h4-5,14H,6H2,1-3H3. The van der Waals surface area contributed by atoms with Crippen LogP contribution in [0.5, 0.6) is 0 Å². The van der Waals surface area contributed by atoms with Gasteiger partial charge >= 0.3 is 0 Å². The molecule has 1 aliphatic rings. The molecule has 0 fully saturated rings. The number of nitrogens with one attached hydrogen (secondary N) is 1. The Labute approximate surface area is 82.7 Å². The maximum absolute atomic E-state index is 4.39. The highest BCUT2D eigenvalue weighted by Gasteiger charge is 2.11. The molecule has 0 saturated heterocycles. The molecule has 1 N–H and O–H groups in total. The zero-order valence-corrected chi connectivity index (χ0v) is 8.60. The Balaban J connectivity index is 2.00. The van der Waals surface area contributed by atoms with Gasteiger partial charge in [-0.05, 0) is 6.92 Å². The Hall–Kier alpha value is -1.56. The molecule has 0 aromatic carbocycles. The summed E-state index contributed by atoms with van der Waals surface area (Å²) in [6.07, 6.45) is 3.91. The average molecular weight is 194 g/mol. The fourth-order valence-electron chi connectivity index (χ4n) is 1.43. The number of hydrogen-bond acceptors (Lipinski definition) is 3. The van der Waals surface area contributed by atoms with Crippen LogP contribution >= 0.6 is 0 Å². The van der Waals surface area contributed by atoms with Crippen LogP contribution in [0, 0.1) is 6.92 Å². The molecular weight excluding hydrogens is 180 g/mol. The minimum absolute atomic E-state index is 0.672. The van der Waals surface area contributed by atoms with Gasteiger partial charge in [0, 0.05) is 6.20 Å². The van der Waals surface area contributed by atoms with E-state index in [2.05, 4.69) is 15.7 Å². The van der Waals surface area contributed by atoms with Crippen LogP contribution in [0.4, 0.5) is 0 Å². The van der Waals surface area contributed by atoms with Gasteiger partial charge in [0.1, 0.15) is 0 Å². The van der Waals surface area contributed by atoms with Crippen LogP contribution in [0.1, 0.15) is 12.6 Å². The van der Waals surface area contributed by atoms with Gasteiger partial charge in [0.25, 0.3) is 0 Å². The third-order valence-electron chi connectivity index (χ3n) is 2.05. The second-order valence-corrected chi connectivity index (χ2v) is 3.47. The van der Waals surface area contributed by atoms with Crippen LogP contribution < -0.4 is 5.12 Å². The molecule has 0 bridgehead atoms. The van der Waals surface area contributed by atoms with E-state index in [4.69, 9.17) is 0 Å². The molecule has 0 radical (unpaired) electrons. The molecule has 6 nitrogen and oxygen atoms in total. The van der Waals surface area contributed by atoms with E-state index in [0.717, 1.165) is 16.5 Å². The van der Waals surface area contributed by atoms with Crippen molar-refractivity contribution in [2.45, 2.75) is 20.5 Å². The number of aryl methyl sites for hydroxylation is 1. The molecule has 0 aliphatic carbocycles. The molecule has 14 heavy (non-hydrogen) atoms. The van der Waals surface area contributed by atoms with Gasteiger partial charge in [-0.2, -0.15) is 4.68 Å². The fraction of sp³-hybridized carbons (Fsp3) is 0.500. The first kappa shape index (κ1) is 9.01. The highest BCUT2D eigenvalue weighted by molar-refractivity contribution is 5.08. The summed E-state index contributed by atoms with van der Waals surface area (Å²) in [4.78, 5) is 0. The van der Waals surface area contributed by atoms with Crippen molar-refractivity contribution in [3.8, 4) is 0 Å². The van der Waals surface area contributed by atoms with E-state index in [1.165, 1.54) is 0 Å². The van der Waals surface area contributed by atoms with Crippen LogP contribution in [-0.2, 0) is 6.67 Å². The maximum atomic E-state index is 4.39. The van der Waals surface area contributed by atoms with Gasteiger partial charge in [-0.1, -0.05) is 17.8 Å². The summed E-state index contributed by atoms with van der Waals surface area (Å²) >= 11 is 0. The van der Waals surface area contributed by atoms with E-state index in [1.807, 2.05) is 38.3 Å². The number of nitrogens with zero attached hydrogens (tertiary/aromatic N) is 5. The Bertz CT molecular complexity index is 354. The zero-order chi connectivity index (χ0) is 10.1. The van der Waals surface area contributed by atoms with Crippen molar-refractivity contribution in [3.05, 3.63) is 29.2 Å². The van der Waals surface area contributed by atoms with E-state index in [0.29, 0.717) is 6.67 Å². The smallest absolute Gasteiger partial charge is 0.191 e. The Morgan fingerprint density at radius 2 is 2.29 bits per heavy atom. The van der Waals surface area contributed by atoms with E-state index >= 15 is 0 Å². The molecule has 0 amide bonds. The summed E-state index contributed by atoms with van der Waals surface area (Å²) in [5.74, 6) is 0. The van der Waals surface area contributed by atoms with Crippen molar-refractivity contribution in [2.75, 3.05) is 7.05 Å². The highest BCUT2D eigenvalue weighted by Crippen LogP contribution is 2.03. The summed E-state index contributed by atoms with van der Waals surface area (Å²) < 4.78 is 1.79. The summed E-state index contributed by atoms with van der Waals surface area (Å²) in [5.41, 5.74) is 6.34. The van der Waals surface area contributed by atoms with Crippen molar-refractivity contribution in [2.24, 2.45) is 0 Å². The molecular formula is C8H14N6. The first-order valence-electron chi connectivity index (χ1n) is 4.51. The average Bonchev–Trinajstić information content (AvgIpc) is 2.61. The molecule has 76 valence electrons. The normalized spacial score (nSPS) is 20.9. The number of aromatic nitrogens is 3. The monoisotopic (exact) mass is 194 g/mol. The van der Waals surface area contributed by atoms with Crippen LogP contribution in [0.2, 0.25) is 0 Å². The van der Waals surface area contributed by atoms with Crippen LogP contribution in [0.25, 0.3) is 5.43 Å².